The molecule has 0 saturated heterocycles. The Hall–Kier alpha value is -1.16. The van der Waals surface area contributed by atoms with Crippen molar-refractivity contribution in [1.29, 1.82) is 0 Å². The van der Waals surface area contributed by atoms with Gasteiger partial charge in [-0.05, 0) is 43.7 Å². The Kier molecular flexibility index (Phi) is 5.35. The third-order valence-corrected chi connectivity index (χ3v) is 4.59. The molecule has 1 aromatic heterocycles. The number of pyridine rings is 1. The molecule has 1 aliphatic carbocycles. The smallest absolute Gasteiger partial charge is 0.136 e. The molecule has 20 heavy (non-hydrogen) atoms. The lowest BCUT2D eigenvalue weighted by molar-refractivity contribution is 0.312. The van der Waals surface area contributed by atoms with Gasteiger partial charge in [-0.1, -0.05) is 38.4 Å². The van der Waals surface area contributed by atoms with Crippen LogP contribution in [0.15, 0.2) is 12.3 Å². The van der Waals surface area contributed by atoms with Crippen molar-refractivity contribution < 1.29 is 0 Å². The van der Waals surface area contributed by atoms with Crippen LogP contribution in [0.4, 0.5) is 5.82 Å². The number of thiocarbonyl (C=S) groups is 1. The van der Waals surface area contributed by atoms with Crippen LogP contribution in [0, 0.1) is 12.8 Å². The maximum atomic E-state index is 5.86. The Morgan fingerprint density at radius 3 is 2.75 bits per heavy atom. The van der Waals surface area contributed by atoms with Crippen LogP contribution in [0.2, 0.25) is 0 Å². The standard InChI is InChI=1S/C16H25N3S/c1-3-13(12-7-5-4-6-8-12)19-16-14(15(17)20)11(2)9-10-18-16/h9-10,12-13H,3-8H2,1-2H3,(H2,17,20)(H,18,19). The first kappa shape index (κ1) is 15.2. The Balaban J connectivity index is 2.18. The van der Waals surface area contributed by atoms with E-state index in [2.05, 4.69) is 17.2 Å². The SMILES string of the molecule is CCC(Nc1nccc(C)c1C(N)=S)C1CCCCC1. The molecule has 4 heteroatoms. The normalized spacial score (nSPS) is 17.7. The minimum Gasteiger partial charge on any atom is -0.389 e. The van der Waals surface area contributed by atoms with E-state index >= 15 is 0 Å². The molecule has 0 amide bonds. The monoisotopic (exact) mass is 291 g/mol. The van der Waals surface area contributed by atoms with Crippen LogP contribution in [0.3, 0.4) is 0 Å². The molecule has 110 valence electrons. The number of nitrogens with zero attached hydrogens (tertiary/aromatic N) is 1. The van der Waals surface area contributed by atoms with Gasteiger partial charge in [0.05, 0.1) is 5.56 Å². The molecule has 1 aliphatic rings. The van der Waals surface area contributed by atoms with Crippen molar-refractivity contribution in [3.05, 3.63) is 23.4 Å². The Morgan fingerprint density at radius 1 is 1.45 bits per heavy atom. The molecule has 1 atom stereocenters. The van der Waals surface area contributed by atoms with Crippen molar-refractivity contribution in [2.45, 2.75) is 58.4 Å². The van der Waals surface area contributed by atoms with Gasteiger partial charge in [-0.3, -0.25) is 0 Å². The molecular formula is C16H25N3S. The van der Waals surface area contributed by atoms with E-state index < -0.39 is 0 Å². The van der Waals surface area contributed by atoms with Crippen LogP contribution >= 0.6 is 12.2 Å². The van der Waals surface area contributed by atoms with Crippen molar-refractivity contribution >= 4 is 23.0 Å². The minimum absolute atomic E-state index is 0.427. The van der Waals surface area contributed by atoms with E-state index in [4.69, 9.17) is 18.0 Å². The average molecular weight is 291 g/mol. The summed E-state index contributed by atoms with van der Waals surface area (Å²) in [4.78, 5) is 4.89. The lowest BCUT2D eigenvalue weighted by atomic mass is 9.83. The fourth-order valence-electron chi connectivity index (χ4n) is 3.24. The molecule has 1 aromatic rings. The molecule has 2 rings (SSSR count). The van der Waals surface area contributed by atoms with E-state index in [1.165, 1.54) is 32.1 Å². The highest BCUT2D eigenvalue weighted by atomic mass is 32.1. The first-order chi connectivity index (χ1) is 9.63. The Morgan fingerprint density at radius 2 is 2.15 bits per heavy atom. The molecule has 1 fully saturated rings. The van der Waals surface area contributed by atoms with Gasteiger partial charge in [-0.15, -0.1) is 0 Å². The van der Waals surface area contributed by atoms with Crippen LogP contribution in [0.5, 0.6) is 0 Å². The van der Waals surface area contributed by atoms with Crippen LogP contribution in [0.25, 0.3) is 0 Å². The van der Waals surface area contributed by atoms with E-state index in [1.807, 2.05) is 19.2 Å². The number of hydrogen-bond acceptors (Lipinski definition) is 3. The quantitative estimate of drug-likeness (QED) is 0.810. The Labute approximate surface area is 127 Å². The topological polar surface area (TPSA) is 50.9 Å². The zero-order chi connectivity index (χ0) is 14.5. The zero-order valence-electron chi connectivity index (χ0n) is 12.5. The molecule has 0 aromatic carbocycles. The van der Waals surface area contributed by atoms with Crippen molar-refractivity contribution in [2.24, 2.45) is 11.7 Å². The van der Waals surface area contributed by atoms with Gasteiger partial charge >= 0.3 is 0 Å². The first-order valence-corrected chi connectivity index (χ1v) is 8.06. The van der Waals surface area contributed by atoms with Crippen LogP contribution in [-0.2, 0) is 0 Å². The Bertz CT molecular complexity index is 467. The number of aryl methyl sites for hydroxylation is 1. The fourth-order valence-corrected chi connectivity index (χ4v) is 3.50. The molecule has 0 spiro atoms. The molecule has 0 aliphatic heterocycles. The molecule has 3 nitrogen and oxygen atoms in total. The largest absolute Gasteiger partial charge is 0.389 e. The van der Waals surface area contributed by atoms with Gasteiger partial charge in [0.2, 0.25) is 0 Å². The molecule has 0 radical (unpaired) electrons. The third kappa shape index (κ3) is 3.48. The molecule has 0 bridgehead atoms. The summed E-state index contributed by atoms with van der Waals surface area (Å²) in [6.45, 7) is 4.27. The van der Waals surface area contributed by atoms with Crippen LogP contribution < -0.4 is 11.1 Å². The summed E-state index contributed by atoms with van der Waals surface area (Å²) < 4.78 is 0. The summed E-state index contributed by atoms with van der Waals surface area (Å²) in [5, 5.41) is 3.61. The number of rotatable bonds is 5. The third-order valence-electron chi connectivity index (χ3n) is 4.39. The second-order valence-electron chi connectivity index (χ2n) is 5.77. The molecular weight excluding hydrogens is 266 g/mol. The summed E-state index contributed by atoms with van der Waals surface area (Å²) in [6.07, 6.45) is 9.66. The second kappa shape index (κ2) is 7.02. The molecule has 1 unspecified atom stereocenters. The summed E-state index contributed by atoms with van der Waals surface area (Å²) in [5.41, 5.74) is 7.85. The van der Waals surface area contributed by atoms with E-state index in [-0.39, 0.29) is 0 Å². The number of aromatic nitrogens is 1. The summed E-state index contributed by atoms with van der Waals surface area (Å²) in [5.74, 6) is 1.60. The van der Waals surface area contributed by atoms with Gasteiger partial charge in [0.15, 0.2) is 0 Å². The highest BCUT2D eigenvalue weighted by Gasteiger charge is 2.23. The van der Waals surface area contributed by atoms with Crippen molar-refractivity contribution in [1.82, 2.24) is 4.98 Å². The second-order valence-corrected chi connectivity index (χ2v) is 6.21. The first-order valence-electron chi connectivity index (χ1n) is 7.65. The number of hydrogen-bond donors (Lipinski definition) is 2. The van der Waals surface area contributed by atoms with Crippen molar-refractivity contribution in [3.63, 3.8) is 0 Å². The van der Waals surface area contributed by atoms with Gasteiger partial charge in [-0.2, -0.15) is 0 Å². The predicted octanol–water partition coefficient (Wildman–Crippen LogP) is 3.80. The predicted molar refractivity (Wildman–Crippen MR) is 89.1 cm³/mol. The van der Waals surface area contributed by atoms with Crippen molar-refractivity contribution in [2.75, 3.05) is 5.32 Å². The number of anilines is 1. The summed E-state index contributed by atoms with van der Waals surface area (Å²) in [7, 11) is 0. The molecule has 1 heterocycles. The van der Waals surface area contributed by atoms with Gasteiger partial charge in [0.1, 0.15) is 10.8 Å². The highest BCUT2D eigenvalue weighted by Crippen LogP contribution is 2.30. The zero-order valence-corrected chi connectivity index (χ0v) is 13.3. The minimum atomic E-state index is 0.427. The van der Waals surface area contributed by atoms with E-state index in [1.54, 1.807) is 0 Å². The highest BCUT2D eigenvalue weighted by molar-refractivity contribution is 7.80. The van der Waals surface area contributed by atoms with Crippen molar-refractivity contribution in [3.8, 4) is 0 Å². The van der Waals surface area contributed by atoms with Gasteiger partial charge in [-0.25, -0.2) is 4.98 Å². The van der Waals surface area contributed by atoms with Gasteiger partial charge in [0, 0.05) is 12.2 Å². The maximum Gasteiger partial charge on any atom is 0.136 e. The lowest BCUT2D eigenvalue weighted by Gasteiger charge is -2.31. The fraction of sp³-hybridized carbons (Fsp3) is 0.625. The summed E-state index contributed by atoms with van der Waals surface area (Å²) >= 11 is 5.18. The van der Waals surface area contributed by atoms with Crippen LogP contribution in [0.1, 0.15) is 56.6 Å². The molecule has 3 N–H and O–H groups in total. The number of nitrogens with one attached hydrogen (secondary N) is 1. The number of nitrogens with two attached hydrogens (primary N) is 1. The van der Waals surface area contributed by atoms with Gasteiger partial charge in [0.25, 0.3) is 0 Å². The maximum absolute atomic E-state index is 5.86. The lowest BCUT2D eigenvalue weighted by Crippen LogP contribution is -2.31. The van der Waals surface area contributed by atoms with E-state index in [0.717, 1.165) is 29.3 Å². The molecule has 1 saturated carbocycles. The van der Waals surface area contributed by atoms with E-state index in [9.17, 15) is 0 Å². The van der Waals surface area contributed by atoms with Crippen LogP contribution in [-0.4, -0.2) is 16.0 Å². The average Bonchev–Trinajstić information content (AvgIpc) is 2.45. The van der Waals surface area contributed by atoms with E-state index in [0.29, 0.717) is 11.0 Å². The van der Waals surface area contributed by atoms with Gasteiger partial charge < -0.3 is 11.1 Å². The summed E-state index contributed by atoms with van der Waals surface area (Å²) in [6, 6.07) is 2.43.